The number of amides is 1. The summed E-state index contributed by atoms with van der Waals surface area (Å²) in [6, 6.07) is 5.40. The van der Waals surface area contributed by atoms with Crippen LogP contribution in [0.25, 0.3) is 0 Å². The van der Waals surface area contributed by atoms with Gasteiger partial charge in [0.05, 0.1) is 18.6 Å². The quantitative estimate of drug-likeness (QED) is 0.890. The molecule has 1 heterocycles. The van der Waals surface area contributed by atoms with Gasteiger partial charge in [0.15, 0.2) is 0 Å². The number of aliphatic carboxylic acids is 1. The Kier molecular flexibility index (Phi) is 3.57. The zero-order valence-electron chi connectivity index (χ0n) is 11.9. The smallest absolute Gasteiger partial charge is 0.305 e. The van der Waals surface area contributed by atoms with Crippen LogP contribution < -0.4 is 10.1 Å². The molecule has 0 saturated heterocycles. The minimum Gasteiger partial charge on any atom is -0.493 e. The summed E-state index contributed by atoms with van der Waals surface area (Å²) < 4.78 is 5.43. The number of rotatable bonds is 4. The Hall–Kier alpha value is -2.04. The third-order valence-electron chi connectivity index (χ3n) is 4.38. The first-order valence-electron chi connectivity index (χ1n) is 7.38. The topological polar surface area (TPSA) is 75.6 Å². The summed E-state index contributed by atoms with van der Waals surface area (Å²) in [5, 5.41) is 12.1. The van der Waals surface area contributed by atoms with Gasteiger partial charge in [0.1, 0.15) is 5.75 Å². The molecule has 21 heavy (non-hydrogen) atoms. The van der Waals surface area contributed by atoms with Crippen LogP contribution in [0.5, 0.6) is 5.75 Å². The van der Waals surface area contributed by atoms with E-state index < -0.39 is 11.5 Å². The molecule has 3 rings (SSSR count). The van der Waals surface area contributed by atoms with Crippen LogP contribution in [-0.4, -0.2) is 29.1 Å². The van der Waals surface area contributed by atoms with Gasteiger partial charge in [-0.25, -0.2) is 0 Å². The Morgan fingerprint density at radius 3 is 2.76 bits per heavy atom. The molecule has 0 spiro atoms. The van der Waals surface area contributed by atoms with E-state index in [2.05, 4.69) is 5.32 Å². The van der Waals surface area contributed by atoms with Gasteiger partial charge in [-0.05, 0) is 36.6 Å². The summed E-state index contributed by atoms with van der Waals surface area (Å²) in [5.74, 6) is -0.208. The fourth-order valence-corrected chi connectivity index (χ4v) is 3.33. The zero-order valence-corrected chi connectivity index (χ0v) is 11.9. The molecule has 5 heteroatoms. The Balaban J connectivity index is 1.77. The number of hydrogen-bond acceptors (Lipinski definition) is 3. The Morgan fingerprint density at radius 1 is 1.29 bits per heavy atom. The lowest BCUT2D eigenvalue weighted by Crippen LogP contribution is -2.47. The number of fused-ring (bicyclic) bond motifs is 1. The second-order valence-electron chi connectivity index (χ2n) is 5.93. The Morgan fingerprint density at radius 2 is 2.05 bits per heavy atom. The van der Waals surface area contributed by atoms with Crippen molar-refractivity contribution in [2.75, 3.05) is 6.61 Å². The lowest BCUT2D eigenvalue weighted by atomic mass is 9.92. The van der Waals surface area contributed by atoms with Gasteiger partial charge in [-0.15, -0.1) is 0 Å². The molecule has 0 radical (unpaired) electrons. The van der Waals surface area contributed by atoms with Crippen molar-refractivity contribution >= 4 is 11.9 Å². The highest BCUT2D eigenvalue weighted by Crippen LogP contribution is 2.33. The number of carboxylic acids is 1. The molecule has 0 atom stereocenters. The molecular formula is C16H19NO4. The number of carboxylic acid groups (broad SMARTS) is 1. The molecule has 1 aromatic carbocycles. The highest BCUT2D eigenvalue weighted by Gasteiger charge is 2.37. The van der Waals surface area contributed by atoms with Crippen LogP contribution >= 0.6 is 0 Å². The van der Waals surface area contributed by atoms with Gasteiger partial charge >= 0.3 is 5.97 Å². The van der Waals surface area contributed by atoms with Gasteiger partial charge < -0.3 is 15.2 Å². The Bertz CT molecular complexity index is 576. The van der Waals surface area contributed by atoms with Gasteiger partial charge in [-0.3, -0.25) is 9.59 Å². The van der Waals surface area contributed by atoms with Gasteiger partial charge in [-0.2, -0.15) is 0 Å². The van der Waals surface area contributed by atoms with Gasteiger partial charge in [0, 0.05) is 12.0 Å². The van der Waals surface area contributed by atoms with Crippen LogP contribution in [0.4, 0.5) is 0 Å². The van der Waals surface area contributed by atoms with E-state index in [1.807, 2.05) is 12.1 Å². The van der Waals surface area contributed by atoms with Gasteiger partial charge in [0.2, 0.25) is 0 Å². The number of carbonyl (C=O) groups excluding carboxylic acids is 1. The monoisotopic (exact) mass is 289 g/mol. The maximum Gasteiger partial charge on any atom is 0.305 e. The molecule has 0 bridgehead atoms. The van der Waals surface area contributed by atoms with Crippen LogP contribution in [0.2, 0.25) is 0 Å². The first-order valence-corrected chi connectivity index (χ1v) is 7.38. The van der Waals surface area contributed by atoms with E-state index in [0.29, 0.717) is 12.2 Å². The van der Waals surface area contributed by atoms with Crippen LogP contribution in [0.15, 0.2) is 18.2 Å². The van der Waals surface area contributed by atoms with Crippen molar-refractivity contribution in [2.45, 2.75) is 44.1 Å². The van der Waals surface area contributed by atoms with E-state index in [-0.39, 0.29) is 12.3 Å². The second kappa shape index (κ2) is 5.39. The molecule has 1 aliphatic heterocycles. The lowest BCUT2D eigenvalue weighted by molar-refractivity contribution is -0.138. The van der Waals surface area contributed by atoms with Crippen molar-refractivity contribution in [1.29, 1.82) is 0 Å². The number of benzene rings is 1. The zero-order chi connectivity index (χ0) is 14.9. The van der Waals surface area contributed by atoms with Crippen molar-refractivity contribution in [3.63, 3.8) is 0 Å². The Labute approximate surface area is 123 Å². The van der Waals surface area contributed by atoms with Crippen molar-refractivity contribution in [3.8, 4) is 5.75 Å². The largest absolute Gasteiger partial charge is 0.493 e. The van der Waals surface area contributed by atoms with Crippen LogP contribution in [0.1, 0.15) is 48.0 Å². The summed E-state index contributed by atoms with van der Waals surface area (Å²) in [4.78, 5) is 23.5. The van der Waals surface area contributed by atoms with E-state index in [4.69, 9.17) is 9.84 Å². The first kappa shape index (κ1) is 13.9. The fraction of sp³-hybridized carbons (Fsp3) is 0.500. The predicted octanol–water partition coefficient (Wildman–Crippen LogP) is 2.14. The number of hydrogen-bond donors (Lipinski definition) is 2. The van der Waals surface area contributed by atoms with Gasteiger partial charge in [-0.1, -0.05) is 12.8 Å². The van der Waals surface area contributed by atoms with Crippen molar-refractivity contribution in [1.82, 2.24) is 5.32 Å². The maximum absolute atomic E-state index is 12.4. The summed E-state index contributed by atoms with van der Waals surface area (Å²) >= 11 is 0. The van der Waals surface area contributed by atoms with E-state index >= 15 is 0 Å². The summed E-state index contributed by atoms with van der Waals surface area (Å²) in [5.41, 5.74) is 1.04. The minimum atomic E-state index is -0.862. The third-order valence-corrected chi connectivity index (χ3v) is 4.38. The van der Waals surface area contributed by atoms with Crippen LogP contribution in [-0.2, 0) is 11.2 Å². The molecule has 0 aromatic heterocycles. The van der Waals surface area contributed by atoms with Crippen molar-refractivity contribution in [3.05, 3.63) is 29.3 Å². The number of carbonyl (C=O) groups is 2. The van der Waals surface area contributed by atoms with Crippen LogP contribution in [0.3, 0.4) is 0 Å². The summed E-state index contributed by atoms with van der Waals surface area (Å²) in [6.45, 7) is 0.656. The fourth-order valence-electron chi connectivity index (χ4n) is 3.33. The molecule has 1 amide bonds. The minimum absolute atomic E-state index is 0.00715. The van der Waals surface area contributed by atoms with Crippen molar-refractivity contribution in [2.24, 2.45) is 0 Å². The van der Waals surface area contributed by atoms with Crippen molar-refractivity contribution < 1.29 is 19.4 Å². The van der Waals surface area contributed by atoms with E-state index in [9.17, 15) is 9.59 Å². The molecule has 1 aromatic rings. The average molecular weight is 289 g/mol. The molecule has 2 aliphatic rings. The molecule has 1 fully saturated rings. The highest BCUT2D eigenvalue weighted by molar-refractivity contribution is 5.95. The molecular weight excluding hydrogens is 270 g/mol. The SMILES string of the molecule is O=C(O)CC1(NC(=O)c2ccc3c(c2)CCO3)CCCC1. The number of ether oxygens (including phenoxy) is 1. The average Bonchev–Trinajstić information content (AvgIpc) is 3.06. The summed E-state index contributed by atoms with van der Waals surface area (Å²) in [6.07, 6.45) is 4.21. The normalized spacial score (nSPS) is 18.9. The van der Waals surface area contributed by atoms with E-state index in [1.54, 1.807) is 6.07 Å². The third kappa shape index (κ3) is 2.86. The molecule has 1 saturated carbocycles. The second-order valence-corrected chi connectivity index (χ2v) is 5.93. The molecule has 0 unspecified atom stereocenters. The first-order chi connectivity index (χ1) is 10.1. The molecule has 112 valence electrons. The molecule has 5 nitrogen and oxygen atoms in total. The lowest BCUT2D eigenvalue weighted by Gasteiger charge is -2.28. The standard InChI is InChI=1S/C16H19NO4/c18-14(19)10-16(6-1-2-7-16)17-15(20)12-3-4-13-11(9-12)5-8-21-13/h3-4,9H,1-2,5-8,10H2,(H,17,20)(H,18,19). The molecule has 1 aliphatic carbocycles. The molecule has 2 N–H and O–H groups in total. The van der Waals surface area contributed by atoms with Gasteiger partial charge in [0.25, 0.3) is 5.91 Å². The van der Waals surface area contributed by atoms with E-state index in [0.717, 1.165) is 43.4 Å². The number of nitrogens with one attached hydrogen (secondary N) is 1. The highest BCUT2D eigenvalue weighted by atomic mass is 16.5. The summed E-state index contributed by atoms with van der Waals surface area (Å²) in [7, 11) is 0. The van der Waals surface area contributed by atoms with Crippen LogP contribution in [0, 0.1) is 0 Å². The maximum atomic E-state index is 12.4. The predicted molar refractivity (Wildman–Crippen MR) is 76.6 cm³/mol. The van der Waals surface area contributed by atoms with E-state index in [1.165, 1.54) is 0 Å².